The molecule has 2 aromatic carbocycles. The van der Waals surface area contributed by atoms with Crippen LogP contribution in [0.25, 0.3) is 11.0 Å². The Kier molecular flexibility index (Phi) is 16.6. The van der Waals surface area contributed by atoms with Gasteiger partial charge in [0.2, 0.25) is 0 Å². The molecular weight excluding hydrogens is 576 g/mol. The van der Waals surface area contributed by atoms with Crippen molar-refractivity contribution in [3.8, 4) is 0 Å². The molecule has 45 heavy (non-hydrogen) atoms. The summed E-state index contributed by atoms with van der Waals surface area (Å²) in [6.45, 7) is 10.2. The van der Waals surface area contributed by atoms with Gasteiger partial charge in [-0.2, -0.15) is 0 Å². The molecule has 0 aliphatic carbocycles. The van der Waals surface area contributed by atoms with Crippen LogP contribution in [0.4, 0.5) is 0 Å². The van der Waals surface area contributed by atoms with E-state index < -0.39 is 11.9 Å². The Hall–Kier alpha value is -4.02. The monoisotopic (exact) mass is 624 g/mol. The zero-order valence-corrected chi connectivity index (χ0v) is 27.0. The zero-order valence-electron chi connectivity index (χ0n) is 27.0. The second kappa shape index (κ2) is 20.1. The van der Waals surface area contributed by atoms with Gasteiger partial charge in [0.1, 0.15) is 18.1 Å². The minimum Gasteiger partial charge on any atom is -0.473 e. The quantitative estimate of drug-likeness (QED) is 0.0839. The zero-order chi connectivity index (χ0) is 33.2. The number of carboxylic acid groups (broad SMARTS) is 2. The molecule has 0 atom stereocenters. The van der Waals surface area contributed by atoms with Crippen molar-refractivity contribution in [2.24, 2.45) is 0 Å². The van der Waals surface area contributed by atoms with E-state index in [1.807, 2.05) is 12.1 Å². The van der Waals surface area contributed by atoms with Gasteiger partial charge in [-0.05, 0) is 75.5 Å². The van der Waals surface area contributed by atoms with Gasteiger partial charge in [0.25, 0.3) is 5.91 Å². The summed E-state index contributed by atoms with van der Waals surface area (Å²) in [5, 5.41) is 18.2. The Balaban J connectivity index is 0.00000107. The molecule has 0 saturated carbocycles. The Morgan fingerprint density at radius 3 is 1.91 bits per heavy atom. The summed E-state index contributed by atoms with van der Waals surface area (Å²) in [4.78, 5) is 47.1. The summed E-state index contributed by atoms with van der Waals surface area (Å²) >= 11 is 0. The smallest absolute Gasteiger partial charge is 0.414 e. The summed E-state index contributed by atoms with van der Waals surface area (Å²) in [6.07, 6.45) is 9.68. The lowest BCUT2D eigenvalue weighted by atomic mass is 9.96. The van der Waals surface area contributed by atoms with Crippen LogP contribution in [0.1, 0.15) is 103 Å². The van der Waals surface area contributed by atoms with Crippen LogP contribution in [-0.4, -0.2) is 72.2 Å². The number of aryl methyl sites for hydroxylation is 2. The lowest BCUT2D eigenvalue weighted by Gasteiger charge is -2.21. The highest BCUT2D eigenvalue weighted by Crippen LogP contribution is 2.30. The number of hydrogen-bond donors (Lipinski definition) is 3. The number of carboxylic acids is 2. The van der Waals surface area contributed by atoms with Crippen molar-refractivity contribution >= 4 is 34.6 Å². The first kappa shape index (κ1) is 37.2. The highest BCUT2D eigenvalue weighted by atomic mass is 16.5. The predicted octanol–water partition coefficient (Wildman–Crippen LogP) is 6.33. The Morgan fingerprint density at radius 2 is 1.36 bits per heavy atom. The molecule has 0 radical (unpaired) electrons. The summed E-state index contributed by atoms with van der Waals surface area (Å²) in [6, 6.07) is 13.3. The van der Waals surface area contributed by atoms with Crippen LogP contribution in [0.3, 0.4) is 0 Å². The van der Waals surface area contributed by atoms with Gasteiger partial charge in [0.05, 0.1) is 5.56 Å². The average Bonchev–Trinajstić information content (AvgIpc) is 3.41. The molecule has 0 spiro atoms. The van der Waals surface area contributed by atoms with E-state index in [0.717, 1.165) is 32.2 Å². The molecule has 10 nitrogen and oxygen atoms in total. The van der Waals surface area contributed by atoms with Gasteiger partial charge in [-0.25, -0.2) is 9.59 Å². The molecule has 246 valence electrons. The SMILES string of the molecule is CCCCc1oc2ccc(C(=O)NCOC)cc2c1C(=O)c1ccc(CCCN(CCCC)CCCC)cc1.O=C(O)C(=O)O. The van der Waals surface area contributed by atoms with Crippen molar-refractivity contribution in [3.05, 3.63) is 70.5 Å². The van der Waals surface area contributed by atoms with Crippen molar-refractivity contribution in [2.75, 3.05) is 33.5 Å². The van der Waals surface area contributed by atoms with Crippen LogP contribution in [0.5, 0.6) is 0 Å². The third-order valence-corrected chi connectivity index (χ3v) is 7.38. The number of nitrogens with one attached hydrogen (secondary N) is 1. The van der Waals surface area contributed by atoms with Crippen LogP contribution >= 0.6 is 0 Å². The molecule has 10 heteroatoms. The normalized spacial score (nSPS) is 10.9. The number of hydrogen-bond acceptors (Lipinski definition) is 7. The number of benzene rings is 2. The maximum absolute atomic E-state index is 13.8. The van der Waals surface area contributed by atoms with Crippen LogP contribution in [0.15, 0.2) is 46.9 Å². The molecule has 3 aromatic rings. The molecular formula is C35H48N2O8. The van der Waals surface area contributed by atoms with E-state index in [2.05, 4.69) is 43.1 Å². The number of carbonyl (C=O) groups excluding carboxylic acids is 2. The predicted molar refractivity (Wildman–Crippen MR) is 174 cm³/mol. The number of furan rings is 1. The number of amides is 1. The van der Waals surface area contributed by atoms with Crippen LogP contribution < -0.4 is 5.32 Å². The van der Waals surface area contributed by atoms with Crippen molar-refractivity contribution in [1.82, 2.24) is 10.2 Å². The van der Waals surface area contributed by atoms with E-state index in [-0.39, 0.29) is 18.4 Å². The number of ether oxygens (including phenoxy) is 1. The van der Waals surface area contributed by atoms with Gasteiger partial charge in [-0.3, -0.25) is 9.59 Å². The van der Waals surface area contributed by atoms with Gasteiger partial charge >= 0.3 is 11.9 Å². The second-order valence-corrected chi connectivity index (χ2v) is 10.9. The molecule has 1 heterocycles. The number of rotatable bonds is 18. The minimum absolute atomic E-state index is 0.0637. The standard InChI is InChI=1S/C33H46N2O4.C2H2O4/c1-5-8-13-30-31(28-23-27(18-19-29(28)39-30)33(37)34-24-38-4)32(36)26-16-14-25(15-17-26)12-11-22-35(20-9-6-2)21-10-7-3;3-1(4)2(5)6/h14-19,23H,5-13,20-22,24H2,1-4H3,(H,34,37);(H,3,4)(H,5,6). The summed E-state index contributed by atoms with van der Waals surface area (Å²) in [5.74, 6) is -3.27. The molecule has 3 rings (SSSR count). The molecule has 0 bridgehead atoms. The summed E-state index contributed by atoms with van der Waals surface area (Å²) < 4.78 is 11.1. The summed E-state index contributed by atoms with van der Waals surface area (Å²) in [5.41, 5.74) is 3.55. The number of aliphatic carboxylic acids is 2. The Labute approximate surface area is 265 Å². The number of unbranched alkanes of at least 4 members (excludes halogenated alkanes) is 3. The maximum Gasteiger partial charge on any atom is 0.414 e. The number of carbonyl (C=O) groups is 4. The van der Waals surface area contributed by atoms with Crippen molar-refractivity contribution in [3.63, 3.8) is 0 Å². The Bertz CT molecular complexity index is 1360. The van der Waals surface area contributed by atoms with E-state index >= 15 is 0 Å². The molecule has 0 unspecified atom stereocenters. The van der Waals surface area contributed by atoms with E-state index in [1.54, 1.807) is 18.2 Å². The van der Waals surface area contributed by atoms with Crippen LogP contribution in [0, 0.1) is 0 Å². The minimum atomic E-state index is -1.82. The van der Waals surface area contributed by atoms with Gasteiger partial charge in [-0.15, -0.1) is 0 Å². The molecule has 1 aromatic heterocycles. The molecule has 0 saturated heterocycles. The van der Waals surface area contributed by atoms with E-state index in [0.29, 0.717) is 39.8 Å². The van der Waals surface area contributed by atoms with Crippen molar-refractivity contribution in [2.45, 2.75) is 78.6 Å². The third-order valence-electron chi connectivity index (χ3n) is 7.38. The first-order valence-electron chi connectivity index (χ1n) is 15.8. The molecule has 0 fully saturated rings. The lowest BCUT2D eigenvalue weighted by Crippen LogP contribution is -2.27. The largest absolute Gasteiger partial charge is 0.473 e. The van der Waals surface area contributed by atoms with E-state index in [9.17, 15) is 9.59 Å². The molecule has 1 amide bonds. The van der Waals surface area contributed by atoms with Crippen molar-refractivity contribution < 1.29 is 38.5 Å². The van der Waals surface area contributed by atoms with Crippen molar-refractivity contribution in [1.29, 1.82) is 0 Å². The molecule has 3 N–H and O–H groups in total. The highest BCUT2D eigenvalue weighted by molar-refractivity contribution is 6.27. The number of methoxy groups -OCH3 is 1. The van der Waals surface area contributed by atoms with Gasteiger partial charge in [-0.1, -0.05) is 64.3 Å². The van der Waals surface area contributed by atoms with Gasteiger partial charge in [0, 0.05) is 30.0 Å². The molecule has 0 aliphatic heterocycles. The third kappa shape index (κ3) is 12.1. The average molecular weight is 625 g/mol. The fourth-order valence-electron chi connectivity index (χ4n) is 4.86. The van der Waals surface area contributed by atoms with E-state index in [4.69, 9.17) is 29.0 Å². The maximum atomic E-state index is 13.8. The number of nitrogens with zero attached hydrogens (tertiary/aromatic N) is 1. The van der Waals surface area contributed by atoms with Crippen LogP contribution in [0.2, 0.25) is 0 Å². The topological polar surface area (TPSA) is 146 Å². The van der Waals surface area contributed by atoms with Crippen LogP contribution in [-0.2, 0) is 27.2 Å². The molecule has 0 aliphatic rings. The number of ketones is 1. The van der Waals surface area contributed by atoms with Gasteiger partial charge in [0.15, 0.2) is 5.78 Å². The first-order chi connectivity index (χ1) is 21.7. The van der Waals surface area contributed by atoms with E-state index in [1.165, 1.54) is 51.4 Å². The fourth-order valence-corrected chi connectivity index (χ4v) is 4.86. The fraction of sp³-hybridized carbons (Fsp3) is 0.486. The lowest BCUT2D eigenvalue weighted by molar-refractivity contribution is -0.159. The highest BCUT2D eigenvalue weighted by Gasteiger charge is 2.23. The first-order valence-corrected chi connectivity index (χ1v) is 15.8. The van der Waals surface area contributed by atoms with Gasteiger partial charge < -0.3 is 29.6 Å². The second-order valence-electron chi connectivity index (χ2n) is 10.9. The Morgan fingerprint density at radius 1 is 0.778 bits per heavy atom. The number of fused-ring (bicyclic) bond motifs is 1. The summed E-state index contributed by atoms with van der Waals surface area (Å²) in [7, 11) is 1.53.